The summed E-state index contributed by atoms with van der Waals surface area (Å²) in [7, 11) is 3.72. The van der Waals surface area contributed by atoms with Gasteiger partial charge >= 0.3 is 0 Å². The molecule has 0 radical (unpaired) electrons. The third-order valence-corrected chi connectivity index (χ3v) is 5.05. The lowest BCUT2D eigenvalue weighted by Gasteiger charge is -2.28. The number of ether oxygens (including phenoxy) is 1. The molecule has 0 spiro atoms. The normalized spacial score (nSPS) is 19.5. The molecule has 26 heavy (non-hydrogen) atoms. The second-order valence-electron chi connectivity index (χ2n) is 6.24. The molecule has 1 fully saturated rings. The Bertz CT molecular complexity index is 907. The Hall–Kier alpha value is -2.86. The largest absolute Gasteiger partial charge is 0.497 e. The van der Waals surface area contributed by atoms with Gasteiger partial charge in [-0.2, -0.15) is 0 Å². The fraction of sp³-hybridized carbons (Fsp3) is 0.200. The average Bonchev–Trinajstić information content (AvgIpc) is 3.25. The van der Waals surface area contributed by atoms with E-state index in [1.807, 2.05) is 48.7 Å². The quantitative estimate of drug-likeness (QED) is 0.717. The number of nitrogens with zero attached hydrogens (tertiary/aromatic N) is 3. The zero-order chi connectivity index (χ0) is 18.1. The van der Waals surface area contributed by atoms with E-state index < -0.39 is 0 Å². The van der Waals surface area contributed by atoms with E-state index in [0.29, 0.717) is 5.11 Å². The van der Waals surface area contributed by atoms with Crippen molar-refractivity contribution in [2.24, 2.45) is 7.05 Å². The van der Waals surface area contributed by atoms with E-state index in [4.69, 9.17) is 17.0 Å². The Morgan fingerprint density at radius 1 is 1.08 bits per heavy atom. The van der Waals surface area contributed by atoms with Gasteiger partial charge in [0.1, 0.15) is 11.8 Å². The number of aryl methyl sites for hydroxylation is 1. The van der Waals surface area contributed by atoms with Gasteiger partial charge in [-0.05, 0) is 60.7 Å². The number of benzene rings is 1. The predicted octanol–water partition coefficient (Wildman–Crippen LogP) is 3.61. The molecule has 0 unspecified atom stereocenters. The van der Waals surface area contributed by atoms with Crippen LogP contribution in [0.3, 0.4) is 0 Å². The molecule has 2 atom stereocenters. The van der Waals surface area contributed by atoms with Gasteiger partial charge in [-0.1, -0.05) is 6.07 Å². The lowest BCUT2D eigenvalue weighted by atomic mass is 10.0. The van der Waals surface area contributed by atoms with E-state index in [1.165, 1.54) is 5.69 Å². The van der Waals surface area contributed by atoms with Crippen LogP contribution in [0.2, 0.25) is 0 Å². The predicted molar refractivity (Wildman–Crippen MR) is 106 cm³/mol. The van der Waals surface area contributed by atoms with Gasteiger partial charge in [0, 0.05) is 30.8 Å². The Morgan fingerprint density at radius 3 is 2.50 bits per heavy atom. The Kier molecular flexibility index (Phi) is 4.34. The summed E-state index contributed by atoms with van der Waals surface area (Å²) in [4.78, 5) is 6.72. The highest BCUT2D eigenvalue weighted by Gasteiger charge is 2.41. The third-order valence-electron chi connectivity index (χ3n) is 4.74. The third kappa shape index (κ3) is 2.82. The van der Waals surface area contributed by atoms with E-state index in [0.717, 1.165) is 17.1 Å². The summed E-state index contributed by atoms with van der Waals surface area (Å²) in [6, 6.07) is 18.1. The standard InChI is InChI=1S/C20H20N4OS/c1-23-13-5-7-17(23)19-18(16-6-3-4-12-21-16)22-20(26)24(19)14-8-10-15(25-2)11-9-14/h3-13,18-19H,1-2H3,(H,22,26)/t18-,19-/m0/s1. The second-order valence-corrected chi connectivity index (χ2v) is 6.63. The van der Waals surface area contributed by atoms with Crippen molar-refractivity contribution in [1.29, 1.82) is 0 Å². The van der Waals surface area contributed by atoms with Gasteiger partial charge in [0.05, 0.1) is 18.8 Å². The molecule has 5 nitrogen and oxygen atoms in total. The number of aromatic nitrogens is 2. The Morgan fingerprint density at radius 2 is 1.88 bits per heavy atom. The Labute approximate surface area is 158 Å². The molecule has 2 aromatic heterocycles. The summed E-state index contributed by atoms with van der Waals surface area (Å²) < 4.78 is 7.42. The van der Waals surface area contributed by atoms with E-state index in [9.17, 15) is 0 Å². The average molecular weight is 364 g/mol. The highest BCUT2D eigenvalue weighted by atomic mass is 32.1. The van der Waals surface area contributed by atoms with Crippen molar-refractivity contribution in [3.63, 3.8) is 0 Å². The van der Waals surface area contributed by atoms with Crippen molar-refractivity contribution >= 4 is 23.0 Å². The molecule has 1 N–H and O–H groups in total. The zero-order valence-electron chi connectivity index (χ0n) is 14.7. The van der Waals surface area contributed by atoms with Crippen LogP contribution in [-0.2, 0) is 7.05 Å². The zero-order valence-corrected chi connectivity index (χ0v) is 15.5. The van der Waals surface area contributed by atoms with Gasteiger partial charge in [-0.3, -0.25) is 4.98 Å². The van der Waals surface area contributed by atoms with E-state index in [1.54, 1.807) is 7.11 Å². The smallest absolute Gasteiger partial charge is 0.174 e. The maximum Gasteiger partial charge on any atom is 0.174 e. The van der Waals surface area contributed by atoms with Gasteiger partial charge in [0.15, 0.2) is 5.11 Å². The van der Waals surface area contributed by atoms with E-state index in [-0.39, 0.29) is 12.1 Å². The van der Waals surface area contributed by atoms with Gasteiger partial charge in [0.2, 0.25) is 0 Å². The second kappa shape index (κ2) is 6.80. The fourth-order valence-electron chi connectivity index (χ4n) is 3.46. The molecule has 1 aliphatic rings. The monoisotopic (exact) mass is 364 g/mol. The van der Waals surface area contributed by atoms with Gasteiger partial charge in [-0.25, -0.2) is 0 Å². The van der Waals surface area contributed by atoms with Crippen molar-refractivity contribution in [2.45, 2.75) is 12.1 Å². The maximum absolute atomic E-state index is 5.70. The summed E-state index contributed by atoms with van der Waals surface area (Å²) in [5.74, 6) is 0.823. The van der Waals surface area contributed by atoms with Crippen LogP contribution >= 0.6 is 12.2 Å². The van der Waals surface area contributed by atoms with Crippen LogP contribution in [0.15, 0.2) is 67.0 Å². The number of anilines is 1. The topological polar surface area (TPSA) is 42.3 Å². The molecule has 1 aliphatic heterocycles. The van der Waals surface area contributed by atoms with Crippen molar-refractivity contribution in [3.05, 3.63) is 78.4 Å². The molecule has 0 saturated carbocycles. The van der Waals surface area contributed by atoms with Crippen LogP contribution in [0.4, 0.5) is 5.69 Å². The number of hydrogen-bond donors (Lipinski definition) is 1. The van der Waals surface area contributed by atoms with Crippen molar-refractivity contribution < 1.29 is 4.74 Å². The number of rotatable bonds is 4. The minimum atomic E-state index is -0.0283. The molecule has 1 aromatic carbocycles. The van der Waals surface area contributed by atoms with E-state index in [2.05, 4.69) is 45.1 Å². The summed E-state index contributed by atoms with van der Waals surface area (Å²) in [5, 5.41) is 4.15. The molecule has 6 heteroatoms. The first-order valence-electron chi connectivity index (χ1n) is 8.45. The highest BCUT2D eigenvalue weighted by Crippen LogP contribution is 2.41. The summed E-state index contributed by atoms with van der Waals surface area (Å²) in [6.07, 6.45) is 3.87. The first kappa shape index (κ1) is 16.6. The van der Waals surface area contributed by atoms with Gasteiger partial charge in [-0.15, -0.1) is 0 Å². The van der Waals surface area contributed by atoms with Crippen LogP contribution in [0.5, 0.6) is 5.75 Å². The van der Waals surface area contributed by atoms with Crippen LogP contribution in [0.1, 0.15) is 23.5 Å². The summed E-state index contributed by atoms with van der Waals surface area (Å²) >= 11 is 5.70. The highest BCUT2D eigenvalue weighted by molar-refractivity contribution is 7.80. The minimum absolute atomic E-state index is 0.00537. The summed E-state index contributed by atoms with van der Waals surface area (Å²) in [6.45, 7) is 0. The van der Waals surface area contributed by atoms with Crippen molar-refractivity contribution in [2.75, 3.05) is 12.0 Å². The first-order valence-corrected chi connectivity index (χ1v) is 8.86. The molecule has 0 aliphatic carbocycles. The van der Waals surface area contributed by atoms with Crippen LogP contribution in [-0.4, -0.2) is 21.8 Å². The molecule has 0 amide bonds. The lowest BCUT2D eigenvalue weighted by molar-refractivity contribution is 0.415. The van der Waals surface area contributed by atoms with Crippen LogP contribution < -0.4 is 15.0 Å². The first-order chi connectivity index (χ1) is 12.7. The number of pyridine rings is 1. The van der Waals surface area contributed by atoms with Gasteiger partial charge in [0.25, 0.3) is 0 Å². The molecule has 132 valence electrons. The molecule has 0 bridgehead atoms. The molecular weight excluding hydrogens is 344 g/mol. The molecule has 1 saturated heterocycles. The molecule has 3 aromatic rings. The lowest BCUT2D eigenvalue weighted by Crippen LogP contribution is -2.30. The number of methoxy groups -OCH3 is 1. The summed E-state index contributed by atoms with van der Waals surface area (Å²) in [5.41, 5.74) is 3.16. The van der Waals surface area contributed by atoms with E-state index >= 15 is 0 Å². The molecule has 3 heterocycles. The number of nitrogens with one attached hydrogen (secondary N) is 1. The molecule has 4 rings (SSSR count). The van der Waals surface area contributed by atoms with Crippen molar-refractivity contribution in [1.82, 2.24) is 14.9 Å². The SMILES string of the molecule is COc1ccc(N2C(=S)N[C@@H](c3ccccn3)[C@@H]2c2cccn2C)cc1. The number of hydrogen-bond acceptors (Lipinski definition) is 3. The maximum atomic E-state index is 5.70. The van der Waals surface area contributed by atoms with Crippen molar-refractivity contribution in [3.8, 4) is 5.75 Å². The molecular formula is C20H20N4OS. The van der Waals surface area contributed by atoms with Crippen LogP contribution in [0.25, 0.3) is 0 Å². The number of thiocarbonyl (C=S) groups is 1. The fourth-order valence-corrected chi connectivity index (χ4v) is 3.80. The van der Waals surface area contributed by atoms with Gasteiger partial charge < -0.3 is 19.5 Å². The Balaban J connectivity index is 1.81. The minimum Gasteiger partial charge on any atom is -0.497 e. The van der Waals surface area contributed by atoms with Crippen LogP contribution in [0, 0.1) is 0 Å².